The fourth-order valence-corrected chi connectivity index (χ4v) is 4.20. The van der Waals surface area contributed by atoms with Gasteiger partial charge in [-0.25, -0.2) is 0 Å². The quantitative estimate of drug-likeness (QED) is 0.520. The predicted octanol–water partition coefficient (Wildman–Crippen LogP) is 3.97. The maximum absolute atomic E-state index is 6.16. The van der Waals surface area contributed by atoms with Crippen LogP contribution in [0.15, 0.2) is 0 Å². The summed E-state index contributed by atoms with van der Waals surface area (Å²) in [6.45, 7) is 5.68. The molecule has 1 aliphatic heterocycles. The van der Waals surface area contributed by atoms with Crippen molar-refractivity contribution in [2.24, 2.45) is 11.8 Å². The number of rotatable bonds is 1. The first-order valence-corrected chi connectivity index (χ1v) is 8.06. The maximum Gasteiger partial charge on any atom is 0.0815 e. The molecular weight excluding hydrogens is 237 g/mol. The molecule has 1 saturated heterocycles. The molecule has 1 nitrogen and oxygen atoms in total. The second-order valence-electron chi connectivity index (χ2n) is 6.40. The van der Waals surface area contributed by atoms with Gasteiger partial charge in [0.05, 0.1) is 12.8 Å². The van der Waals surface area contributed by atoms with Crippen LogP contribution in [0.3, 0.4) is 0 Å². The SMILES string of the molecule is [B]C1CCCCC2C(=S)N(C(C)C)CCC2CC1. The van der Waals surface area contributed by atoms with E-state index in [0.29, 0.717) is 17.8 Å². The number of hydrogen-bond acceptors (Lipinski definition) is 1. The van der Waals surface area contributed by atoms with Crippen molar-refractivity contribution >= 4 is 25.1 Å². The Balaban J connectivity index is 2.05. The Kier molecular flexibility index (Phi) is 5.11. The van der Waals surface area contributed by atoms with Gasteiger partial charge in [-0.2, -0.15) is 0 Å². The lowest BCUT2D eigenvalue weighted by molar-refractivity contribution is 0.215. The van der Waals surface area contributed by atoms with Gasteiger partial charge >= 0.3 is 0 Å². The second-order valence-corrected chi connectivity index (χ2v) is 6.82. The summed E-state index contributed by atoms with van der Waals surface area (Å²) in [5.74, 6) is 1.89. The molecule has 0 aromatic rings. The number of piperidine rings is 1. The van der Waals surface area contributed by atoms with E-state index in [1.165, 1.54) is 49.9 Å². The van der Waals surface area contributed by atoms with E-state index in [4.69, 9.17) is 20.1 Å². The Hall–Kier alpha value is -0.0451. The number of likely N-dealkylation sites (tertiary alicyclic amines) is 1. The van der Waals surface area contributed by atoms with E-state index in [0.717, 1.165) is 12.5 Å². The van der Waals surface area contributed by atoms with E-state index < -0.39 is 0 Å². The highest BCUT2D eigenvalue weighted by Gasteiger charge is 2.34. The molecule has 18 heavy (non-hydrogen) atoms. The van der Waals surface area contributed by atoms with Crippen LogP contribution in [-0.2, 0) is 0 Å². The Morgan fingerprint density at radius 2 is 1.83 bits per heavy atom. The summed E-state index contributed by atoms with van der Waals surface area (Å²) >= 11 is 5.77. The third kappa shape index (κ3) is 3.29. The summed E-state index contributed by atoms with van der Waals surface area (Å²) in [6.07, 6.45) is 8.90. The minimum absolute atomic E-state index is 0.431. The molecule has 0 aromatic heterocycles. The monoisotopic (exact) mass is 263 g/mol. The van der Waals surface area contributed by atoms with Crippen LogP contribution in [0.5, 0.6) is 0 Å². The summed E-state index contributed by atoms with van der Waals surface area (Å²) in [4.78, 5) is 3.70. The zero-order valence-corrected chi connectivity index (χ0v) is 12.7. The largest absolute Gasteiger partial charge is 0.363 e. The highest BCUT2D eigenvalue weighted by atomic mass is 32.1. The molecule has 100 valence electrons. The fourth-order valence-electron chi connectivity index (χ4n) is 3.59. The lowest BCUT2D eigenvalue weighted by Crippen LogP contribution is -2.47. The molecule has 1 heterocycles. The third-order valence-electron chi connectivity index (χ3n) is 4.78. The minimum Gasteiger partial charge on any atom is -0.363 e. The first-order chi connectivity index (χ1) is 8.59. The molecule has 1 saturated carbocycles. The smallest absolute Gasteiger partial charge is 0.0815 e. The zero-order valence-electron chi connectivity index (χ0n) is 11.9. The molecule has 0 bridgehead atoms. The van der Waals surface area contributed by atoms with Crippen LogP contribution in [0.1, 0.15) is 58.8 Å². The van der Waals surface area contributed by atoms with Crippen LogP contribution >= 0.6 is 12.2 Å². The summed E-state index contributed by atoms with van der Waals surface area (Å²) in [5, 5.41) is 0. The number of thiocarbonyl (C=S) groups is 1. The summed E-state index contributed by atoms with van der Waals surface area (Å²) in [5.41, 5.74) is 0. The Bertz CT molecular complexity index is 292. The van der Waals surface area contributed by atoms with Crippen molar-refractivity contribution in [1.29, 1.82) is 0 Å². The first kappa shape index (κ1) is 14.4. The van der Waals surface area contributed by atoms with Crippen LogP contribution < -0.4 is 0 Å². The van der Waals surface area contributed by atoms with Crippen molar-refractivity contribution in [3.8, 4) is 0 Å². The van der Waals surface area contributed by atoms with Crippen LogP contribution in [0.2, 0.25) is 5.82 Å². The van der Waals surface area contributed by atoms with E-state index in [1.54, 1.807) is 0 Å². The fraction of sp³-hybridized carbons (Fsp3) is 0.933. The first-order valence-electron chi connectivity index (χ1n) is 7.65. The van der Waals surface area contributed by atoms with Gasteiger partial charge in [0.15, 0.2) is 0 Å². The van der Waals surface area contributed by atoms with Gasteiger partial charge in [-0.1, -0.05) is 50.1 Å². The van der Waals surface area contributed by atoms with Crippen molar-refractivity contribution in [3.05, 3.63) is 0 Å². The normalized spacial score (nSPS) is 34.7. The molecule has 2 radical (unpaired) electrons. The lowest BCUT2D eigenvalue weighted by Gasteiger charge is -2.42. The van der Waals surface area contributed by atoms with Crippen LogP contribution in [0, 0.1) is 11.8 Å². The van der Waals surface area contributed by atoms with Gasteiger partial charge in [0.1, 0.15) is 0 Å². The third-order valence-corrected chi connectivity index (χ3v) is 5.32. The molecule has 2 aliphatic rings. The minimum atomic E-state index is 0.431. The van der Waals surface area contributed by atoms with E-state index in [-0.39, 0.29) is 0 Å². The molecule has 0 spiro atoms. The zero-order chi connectivity index (χ0) is 13.1. The van der Waals surface area contributed by atoms with Gasteiger partial charge in [-0.05, 0) is 32.6 Å². The van der Waals surface area contributed by atoms with Gasteiger partial charge < -0.3 is 4.90 Å². The van der Waals surface area contributed by atoms with Crippen LogP contribution in [0.25, 0.3) is 0 Å². The van der Waals surface area contributed by atoms with E-state index in [9.17, 15) is 0 Å². The molecule has 0 N–H and O–H groups in total. The highest BCUT2D eigenvalue weighted by Crippen LogP contribution is 2.37. The Labute approximate surface area is 119 Å². The maximum atomic E-state index is 6.16. The molecule has 0 amide bonds. The van der Waals surface area contributed by atoms with E-state index in [1.807, 2.05) is 0 Å². The van der Waals surface area contributed by atoms with E-state index >= 15 is 0 Å². The molecule has 1 aliphatic carbocycles. The topological polar surface area (TPSA) is 3.24 Å². The van der Waals surface area contributed by atoms with E-state index in [2.05, 4.69) is 18.7 Å². The molecule has 0 aromatic carbocycles. The van der Waals surface area contributed by atoms with Gasteiger partial charge in [0, 0.05) is 18.5 Å². The van der Waals surface area contributed by atoms with Gasteiger partial charge in [0.2, 0.25) is 0 Å². The number of hydrogen-bond donors (Lipinski definition) is 0. The average molecular weight is 263 g/mol. The number of nitrogens with zero attached hydrogens (tertiary/aromatic N) is 1. The summed E-state index contributed by atoms with van der Waals surface area (Å²) in [7, 11) is 6.16. The van der Waals surface area contributed by atoms with Crippen LogP contribution in [-0.4, -0.2) is 30.3 Å². The average Bonchev–Trinajstić information content (AvgIpc) is 2.41. The molecule has 3 heteroatoms. The van der Waals surface area contributed by atoms with Crippen molar-refractivity contribution < 1.29 is 0 Å². The van der Waals surface area contributed by atoms with Gasteiger partial charge in [-0.15, -0.1) is 0 Å². The predicted molar refractivity (Wildman–Crippen MR) is 83.2 cm³/mol. The van der Waals surface area contributed by atoms with Crippen LogP contribution in [0.4, 0.5) is 0 Å². The molecule has 2 rings (SSSR count). The van der Waals surface area contributed by atoms with Gasteiger partial charge in [0.25, 0.3) is 0 Å². The van der Waals surface area contributed by atoms with Crippen molar-refractivity contribution in [3.63, 3.8) is 0 Å². The molecule has 3 atom stereocenters. The Morgan fingerprint density at radius 3 is 2.56 bits per heavy atom. The Morgan fingerprint density at radius 1 is 1.11 bits per heavy atom. The van der Waals surface area contributed by atoms with Crippen molar-refractivity contribution in [2.45, 2.75) is 70.7 Å². The van der Waals surface area contributed by atoms with Crippen molar-refractivity contribution in [1.82, 2.24) is 4.90 Å². The second kappa shape index (κ2) is 6.41. The molecule has 3 unspecified atom stereocenters. The summed E-state index contributed by atoms with van der Waals surface area (Å²) < 4.78 is 0. The molecular formula is C15H26BNS. The lowest BCUT2D eigenvalue weighted by atomic mass is 9.75. The number of fused-ring (bicyclic) bond motifs is 1. The molecule has 2 fully saturated rings. The summed E-state index contributed by atoms with van der Waals surface area (Å²) in [6, 6.07) is 0.563. The van der Waals surface area contributed by atoms with Crippen molar-refractivity contribution in [2.75, 3.05) is 6.54 Å². The standard InChI is InChI=1S/C15H26BNS/c1-11(2)17-10-9-12-7-8-13(16)5-3-4-6-14(12)15(17)18/h11-14H,3-10H2,1-2H3. The van der Waals surface area contributed by atoms with Gasteiger partial charge in [-0.3, -0.25) is 0 Å². The highest BCUT2D eigenvalue weighted by molar-refractivity contribution is 7.80.